The van der Waals surface area contributed by atoms with Crippen molar-refractivity contribution < 1.29 is 9.90 Å². The minimum atomic E-state index is -1.06. The smallest absolute Gasteiger partial charge is 0.346 e. The minimum Gasteiger partial charge on any atom is -0.478 e. The topological polar surface area (TPSA) is 89.5 Å². The second-order valence-electron chi connectivity index (χ2n) is 5.15. The number of rotatable bonds is 5. The molecule has 2 heterocycles. The molecule has 0 unspecified atom stereocenters. The van der Waals surface area contributed by atoms with E-state index in [1.165, 1.54) is 11.8 Å². The molecule has 1 fully saturated rings. The number of piperazine rings is 1. The van der Waals surface area contributed by atoms with Gasteiger partial charge in [0, 0.05) is 44.2 Å². The van der Waals surface area contributed by atoms with E-state index in [9.17, 15) is 14.7 Å². The summed E-state index contributed by atoms with van der Waals surface area (Å²) in [7, 11) is 2.11. The molecule has 0 atom stereocenters. The van der Waals surface area contributed by atoms with Crippen molar-refractivity contribution in [2.45, 2.75) is 11.9 Å². The Bertz CT molecular complexity index is 567. The van der Waals surface area contributed by atoms with E-state index in [0.717, 1.165) is 38.5 Å². The summed E-state index contributed by atoms with van der Waals surface area (Å²) >= 11 is 1.33. The predicted molar refractivity (Wildman–Crippen MR) is 81.2 cm³/mol. The Morgan fingerprint density at radius 1 is 1.38 bits per heavy atom. The maximum atomic E-state index is 11.4. The number of hydrogen-bond donors (Lipinski definition) is 2. The summed E-state index contributed by atoms with van der Waals surface area (Å²) in [6, 6.07) is 0. The molecule has 1 aliphatic heterocycles. The van der Waals surface area contributed by atoms with Crippen LogP contribution in [0, 0.1) is 6.92 Å². The van der Waals surface area contributed by atoms with Crippen LogP contribution in [0.25, 0.3) is 0 Å². The summed E-state index contributed by atoms with van der Waals surface area (Å²) in [5.74, 6) is -0.335. The Hall–Kier alpha value is -1.38. The predicted octanol–water partition coefficient (Wildman–Crippen LogP) is 0.116. The number of hydrogen-bond acceptors (Lipinski definition) is 6. The highest BCUT2D eigenvalue weighted by Gasteiger charge is 2.18. The highest BCUT2D eigenvalue weighted by Crippen LogP contribution is 2.21. The number of aromatic carboxylic acids is 1. The molecule has 1 saturated heterocycles. The molecule has 1 aromatic rings. The van der Waals surface area contributed by atoms with Crippen molar-refractivity contribution in [3.05, 3.63) is 21.7 Å². The van der Waals surface area contributed by atoms with Crippen molar-refractivity contribution in [3.63, 3.8) is 0 Å². The largest absolute Gasteiger partial charge is 0.478 e. The van der Waals surface area contributed by atoms with Gasteiger partial charge in [-0.3, -0.25) is 4.90 Å². The Kier molecular flexibility index (Phi) is 5.38. The van der Waals surface area contributed by atoms with Crippen LogP contribution in [0.4, 0.5) is 0 Å². The van der Waals surface area contributed by atoms with E-state index < -0.39 is 11.7 Å². The Morgan fingerprint density at radius 2 is 2.05 bits per heavy atom. The van der Waals surface area contributed by atoms with Gasteiger partial charge in [0.1, 0.15) is 10.6 Å². The second-order valence-corrected chi connectivity index (χ2v) is 6.23. The van der Waals surface area contributed by atoms with Gasteiger partial charge in [0.15, 0.2) is 0 Å². The van der Waals surface area contributed by atoms with Gasteiger partial charge in [-0.2, -0.15) is 4.98 Å². The third-order valence-electron chi connectivity index (χ3n) is 3.54. The number of aromatic amines is 1. The lowest BCUT2D eigenvalue weighted by molar-refractivity contribution is 0.0690. The van der Waals surface area contributed by atoms with Crippen molar-refractivity contribution in [3.8, 4) is 0 Å². The van der Waals surface area contributed by atoms with E-state index in [1.807, 2.05) is 0 Å². The minimum absolute atomic E-state index is 0.0953. The lowest BCUT2D eigenvalue weighted by atomic mass is 10.2. The lowest BCUT2D eigenvalue weighted by Gasteiger charge is -2.32. The molecule has 1 aliphatic rings. The summed E-state index contributed by atoms with van der Waals surface area (Å²) in [6.45, 7) is 6.58. The highest BCUT2D eigenvalue weighted by atomic mass is 32.2. The van der Waals surface area contributed by atoms with Gasteiger partial charge in [-0.25, -0.2) is 9.59 Å². The van der Waals surface area contributed by atoms with Crippen LogP contribution in [-0.2, 0) is 0 Å². The van der Waals surface area contributed by atoms with Crippen LogP contribution in [0.3, 0.4) is 0 Å². The summed E-state index contributed by atoms with van der Waals surface area (Å²) in [6.07, 6.45) is 0. The molecule has 116 valence electrons. The fourth-order valence-electron chi connectivity index (χ4n) is 2.26. The molecule has 1 aromatic heterocycles. The van der Waals surface area contributed by atoms with Crippen molar-refractivity contribution >= 4 is 17.7 Å². The van der Waals surface area contributed by atoms with E-state index in [1.54, 1.807) is 6.92 Å². The zero-order valence-corrected chi connectivity index (χ0v) is 13.1. The van der Waals surface area contributed by atoms with Gasteiger partial charge in [0.25, 0.3) is 0 Å². The molecule has 0 radical (unpaired) electrons. The van der Waals surface area contributed by atoms with Crippen molar-refractivity contribution in [2.24, 2.45) is 0 Å². The molecule has 0 saturated carbocycles. The number of likely N-dealkylation sites (N-methyl/N-ethyl adjacent to an activating group) is 1. The second kappa shape index (κ2) is 7.06. The third kappa shape index (κ3) is 4.29. The molecule has 0 amide bonds. The van der Waals surface area contributed by atoms with E-state index in [-0.39, 0.29) is 5.56 Å². The van der Waals surface area contributed by atoms with Gasteiger partial charge in [-0.1, -0.05) is 0 Å². The maximum absolute atomic E-state index is 11.4. The van der Waals surface area contributed by atoms with Gasteiger partial charge in [-0.15, -0.1) is 11.8 Å². The number of nitrogens with one attached hydrogen (secondary N) is 1. The first-order valence-electron chi connectivity index (χ1n) is 6.85. The first kappa shape index (κ1) is 16.0. The van der Waals surface area contributed by atoms with Crippen molar-refractivity contribution in [1.82, 2.24) is 19.8 Å². The fourth-order valence-corrected chi connectivity index (χ4v) is 3.33. The lowest BCUT2D eigenvalue weighted by Crippen LogP contribution is -2.45. The molecule has 0 aliphatic carbocycles. The van der Waals surface area contributed by atoms with Gasteiger partial charge in [-0.05, 0) is 14.0 Å². The van der Waals surface area contributed by atoms with E-state index in [0.29, 0.717) is 10.7 Å². The highest BCUT2D eigenvalue weighted by molar-refractivity contribution is 7.99. The molecule has 2 rings (SSSR count). The molecular weight excluding hydrogens is 292 g/mol. The van der Waals surface area contributed by atoms with Crippen molar-refractivity contribution in [1.29, 1.82) is 0 Å². The molecule has 8 heteroatoms. The van der Waals surface area contributed by atoms with E-state index in [2.05, 4.69) is 26.8 Å². The molecule has 0 aromatic carbocycles. The van der Waals surface area contributed by atoms with Crippen LogP contribution in [0.2, 0.25) is 0 Å². The Morgan fingerprint density at radius 3 is 2.67 bits per heavy atom. The fraction of sp³-hybridized carbons (Fsp3) is 0.615. The molecule has 0 spiro atoms. The van der Waals surface area contributed by atoms with Crippen LogP contribution in [0.5, 0.6) is 0 Å². The van der Waals surface area contributed by atoms with Crippen molar-refractivity contribution in [2.75, 3.05) is 45.5 Å². The summed E-state index contributed by atoms with van der Waals surface area (Å²) in [5.41, 5.74) is -0.0535. The van der Waals surface area contributed by atoms with Crippen LogP contribution in [0.15, 0.2) is 9.82 Å². The van der Waals surface area contributed by atoms with E-state index >= 15 is 0 Å². The normalized spacial score (nSPS) is 17.0. The van der Waals surface area contributed by atoms with Gasteiger partial charge in [0.05, 0.1) is 0 Å². The number of carboxylic acid groups (broad SMARTS) is 1. The molecule has 2 N–H and O–H groups in total. The number of nitrogens with zero attached hydrogens (tertiary/aromatic N) is 3. The van der Waals surface area contributed by atoms with Gasteiger partial charge < -0.3 is 15.0 Å². The maximum Gasteiger partial charge on any atom is 0.346 e. The average molecular weight is 312 g/mol. The first-order chi connectivity index (χ1) is 9.97. The number of aromatic nitrogens is 2. The first-order valence-corrected chi connectivity index (χ1v) is 7.84. The summed E-state index contributed by atoms with van der Waals surface area (Å²) in [4.78, 5) is 33.5. The molecular formula is C13H20N4O3S. The van der Waals surface area contributed by atoms with Crippen LogP contribution in [0.1, 0.15) is 16.1 Å². The molecule has 0 bridgehead atoms. The quantitative estimate of drug-likeness (QED) is 0.589. The summed E-state index contributed by atoms with van der Waals surface area (Å²) < 4.78 is 0. The number of carboxylic acids is 1. The Labute approximate surface area is 127 Å². The zero-order chi connectivity index (χ0) is 15.4. The number of carbonyl (C=O) groups is 1. The van der Waals surface area contributed by atoms with E-state index in [4.69, 9.17) is 0 Å². The molecule has 7 nitrogen and oxygen atoms in total. The monoisotopic (exact) mass is 312 g/mol. The van der Waals surface area contributed by atoms with Gasteiger partial charge in [0.2, 0.25) is 0 Å². The third-order valence-corrected chi connectivity index (χ3v) is 4.50. The zero-order valence-electron chi connectivity index (χ0n) is 12.3. The van der Waals surface area contributed by atoms with Crippen LogP contribution >= 0.6 is 11.8 Å². The summed E-state index contributed by atoms with van der Waals surface area (Å²) in [5, 5.41) is 9.53. The number of H-pyrrole nitrogens is 1. The standard InChI is InChI=1S/C13H20N4O3S/c1-9-10(12(18)19)11(15-13(20)14-9)21-8-7-17-5-3-16(2)4-6-17/h3-8H2,1-2H3,(H,18,19)(H,14,15,20). The Balaban J connectivity index is 1.97. The average Bonchev–Trinajstić information content (AvgIpc) is 2.39. The van der Waals surface area contributed by atoms with Crippen LogP contribution in [-0.4, -0.2) is 76.4 Å². The number of thioether (sulfide) groups is 1. The SMILES string of the molecule is Cc1[nH]c(=O)nc(SCCN2CCN(C)CC2)c1C(=O)O. The molecule has 21 heavy (non-hydrogen) atoms. The van der Waals surface area contributed by atoms with Gasteiger partial charge >= 0.3 is 11.7 Å². The number of aryl methyl sites for hydroxylation is 1. The van der Waals surface area contributed by atoms with Crippen LogP contribution < -0.4 is 5.69 Å².